The number of likely N-dealkylation sites (N-methyl/N-ethyl adjacent to an activating group) is 1. The molecule has 10 heteroatoms. The number of imidazole rings is 1. The Morgan fingerprint density at radius 2 is 2.12 bits per heavy atom. The molecule has 174 valence electrons. The van der Waals surface area contributed by atoms with E-state index in [9.17, 15) is 9.18 Å². The highest BCUT2D eigenvalue weighted by Gasteiger charge is 2.33. The molecule has 0 spiro atoms. The van der Waals surface area contributed by atoms with E-state index >= 15 is 0 Å². The van der Waals surface area contributed by atoms with Crippen LogP contribution in [0.4, 0.5) is 10.3 Å². The summed E-state index contributed by atoms with van der Waals surface area (Å²) in [6, 6.07) is 4.43. The maximum absolute atomic E-state index is 14.6. The van der Waals surface area contributed by atoms with Gasteiger partial charge < -0.3 is 24.8 Å². The van der Waals surface area contributed by atoms with E-state index in [4.69, 9.17) is 4.74 Å². The Hall–Kier alpha value is -3.11. The number of amides is 1. The number of aromatic nitrogens is 4. The van der Waals surface area contributed by atoms with Crippen LogP contribution in [-0.4, -0.2) is 75.3 Å². The highest BCUT2D eigenvalue weighted by molar-refractivity contribution is 5.92. The predicted molar refractivity (Wildman–Crippen MR) is 122 cm³/mol. The van der Waals surface area contributed by atoms with E-state index < -0.39 is 0 Å². The largest absolute Gasteiger partial charge is 0.375 e. The van der Waals surface area contributed by atoms with Crippen molar-refractivity contribution >= 4 is 22.9 Å². The van der Waals surface area contributed by atoms with Gasteiger partial charge in [0.1, 0.15) is 11.6 Å². The number of ether oxygens (including phenoxy) is 1. The Labute approximate surface area is 191 Å². The molecule has 2 aliphatic rings. The molecule has 2 aromatic heterocycles. The minimum Gasteiger partial charge on any atom is -0.375 e. The molecule has 2 aliphatic heterocycles. The molecule has 1 unspecified atom stereocenters. The van der Waals surface area contributed by atoms with Gasteiger partial charge in [-0.1, -0.05) is 0 Å². The number of nitrogens with one attached hydrogen (secondary N) is 2. The van der Waals surface area contributed by atoms with Crippen molar-refractivity contribution in [1.82, 2.24) is 29.7 Å². The van der Waals surface area contributed by atoms with Gasteiger partial charge in [0.2, 0.25) is 11.9 Å². The molecule has 0 saturated carbocycles. The molecule has 5 rings (SSSR count). The van der Waals surface area contributed by atoms with Gasteiger partial charge >= 0.3 is 0 Å². The molecule has 1 saturated heterocycles. The van der Waals surface area contributed by atoms with Gasteiger partial charge in [0, 0.05) is 50.6 Å². The molecule has 3 aromatic rings. The molecule has 1 amide bonds. The minimum absolute atomic E-state index is 0.00992. The Kier molecular flexibility index (Phi) is 5.71. The zero-order valence-electron chi connectivity index (χ0n) is 19.0. The first kappa shape index (κ1) is 21.7. The lowest BCUT2D eigenvalue weighted by Gasteiger charge is -2.27. The monoisotopic (exact) mass is 453 g/mol. The predicted octanol–water partition coefficient (Wildman–Crippen LogP) is 1.96. The summed E-state index contributed by atoms with van der Waals surface area (Å²) in [6.07, 6.45) is 2.04. The van der Waals surface area contributed by atoms with Crippen molar-refractivity contribution < 1.29 is 13.9 Å². The lowest BCUT2D eigenvalue weighted by Crippen LogP contribution is -2.45. The summed E-state index contributed by atoms with van der Waals surface area (Å²) in [6.45, 7) is 5.89. The average Bonchev–Trinajstić information content (AvgIpc) is 3.36. The number of carbonyl (C=O) groups is 1. The number of aryl methyl sites for hydroxylation is 1. The van der Waals surface area contributed by atoms with Crippen molar-refractivity contribution in [2.45, 2.75) is 45.0 Å². The van der Waals surface area contributed by atoms with Crippen LogP contribution >= 0.6 is 0 Å². The second kappa shape index (κ2) is 8.68. The second-order valence-electron chi connectivity index (χ2n) is 8.69. The van der Waals surface area contributed by atoms with Gasteiger partial charge in [-0.05, 0) is 32.4 Å². The van der Waals surface area contributed by atoms with Crippen LogP contribution in [0.2, 0.25) is 0 Å². The summed E-state index contributed by atoms with van der Waals surface area (Å²) >= 11 is 0. The third-order valence-corrected chi connectivity index (χ3v) is 6.33. The Bertz CT molecular complexity index is 1200. The number of fused-ring (bicyclic) bond motifs is 5. The highest BCUT2D eigenvalue weighted by atomic mass is 19.1. The third-order valence-electron chi connectivity index (χ3n) is 6.33. The maximum Gasteiger partial charge on any atom is 0.239 e. The van der Waals surface area contributed by atoms with Crippen molar-refractivity contribution in [1.29, 1.82) is 0 Å². The summed E-state index contributed by atoms with van der Waals surface area (Å²) in [5.74, 6) is 0.849. The van der Waals surface area contributed by atoms with Gasteiger partial charge in [-0.15, -0.1) is 0 Å². The van der Waals surface area contributed by atoms with Crippen LogP contribution in [0.25, 0.3) is 22.3 Å². The van der Waals surface area contributed by atoms with Crippen LogP contribution in [0.3, 0.4) is 0 Å². The van der Waals surface area contributed by atoms with E-state index in [1.54, 1.807) is 24.2 Å². The smallest absolute Gasteiger partial charge is 0.239 e. The van der Waals surface area contributed by atoms with Gasteiger partial charge in [-0.25, -0.2) is 19.3 Å². The molecule has 3 atom stereocenters. The Balaban J connectivity index is 1.67. The lowest BCUT2D eigenvalue weighted by atomic mass is 10.1. The molecular formula is C23H28FN7O2. The third kappa shape index (κ3) is 4.16. The van der Waals surface area contributed by atoms with Gasteiger partial charge in [0.05, 0.1) is 35.4 Å². The van der Waals surface area contributed by atoms with Gasteiger partial charge in [0.15, 0.2) is 0 Å². The minimum atomic E-state index is -0.372. The number of benzene rings is 1. The lowest BCUT2D eigenvalue weighted by molar-refractivity contribution is -0.133. The fourth-order valence-corrected chi connectivity index (χ4v) is 4.83. The summed E-state index contributed by atoms with van der Waals surface area (Å²) in [4.78, 5) is 28.5. The number of hydrogen-bond donors (Lipinski definition) is 2. The van der Waals surface area contributed by atoms with E-state index in [0.717, 1.165) is 11.3 Å². The number of anilines is 1. The molecule has 1 aromatic carbocycles. The van der Waals surface area contributed by atoms with Gasteiger partial charge in [-0.3, -0.25) is 4.79 Å². The highest BCUT2D eigenvalue weighted by Crippen LogP contribution is 2.31. The normalized spacial score (nSPS) is 23.3. The SMILES string of the molecule is CCO[C@H]1CN(C)C(=O)[C@@H]2CC(CN2)Nc2nccc(n2)-c2cc(F)cc3nc(C)n(c23)C1. The van der Waals surface area contributed by atoms with Crippen molar-refractivity contribution in [3.8, 4) is 11.3 Å². The summed E-state index contributed by atoms with van der Waals surface area (Å²) in [5, 5.41) is 6.63. The van der Waals surface area contributed by atoms with Crippen molar-refractivity contribution in [2.75, 3.05) is 32.1 Å². The Morgan fingerprint density at radius 1 is 1.27 bits per heavy atom. The number of halogens is 1. The summed E-state index contributed by atoms with van der Waals surface area (Å²) in [5.41, 5.74) is 2.60. The van der Waals surface area contributed by atoms with E-state index in [2.05, 4.69) is 25.6 Å². The van der Waals surface area contributed by atoms with Crippen molar-refractivity contribution in [2.24, 2.45) is 0 Å². The van der Waals surface area contributed by atoms with Crippen molar-refractivity contribution in [3.63, 3.8) is 0 Å². The molecule has 0 radical (unpaired) electrons. The topological polar surface area (TPSA) is 97.2 Å². The molecule has 0 aliphatic carbocycles. The first-order valence-electron chi connectivity index (χ1n) is 11.3. The van der Waals surface area contributed by atoms with E-state index in [-0.39, 0.29) is 29.9 Å². The summed E-state index contributed by atoms with van der Waals surface area (Å²) in [7, 11) is 1.81. The molecular weight excluding hydrogens is 425 g/mol. The standard InChI is InChI=1S/C23H28FN7O2/c1-4-33-16-11-30(3)22(32)20-9-15(10-26-20)28-23-25-6-5-18(29-23)17-7-14(24)8-19-21(17)31(12-16)13(2)27-19/h5-8,15-16,20,26H,4,9-12H2,1-3H3,(H,25,28,29)/t15?,16-,20-/m0/s1. The average molecular weight is 454 g/mol. The number of hydrogen-bond acceptors (Lipinski definition) is 7. The van der Waals surface area contributed by atoms with E-state index in [1.807, 2.05) is 18.4 Å². The van der Waals surface area contributed by atoms with Crippen LogP contribution in [0.15, 0.2) is 24.4 Å². The fourth-order valence-electron chi connectivity index (χ4n) is 4.83. The zero-order chi connectivity index (χ0) is 23.1. The van der Waals surface area contributed by atoms with Crippen LogP contribution < -0.4 is 10.6 Å². The van der Waals surface area contributed by atoms with Gasteiger partial charge in [-0.2, -0.15) is 0 Å². The molecule has 9 nitrogen and oxygen atoms in total. The number of nitrogens with zero attached hydrogens (tertiary/aromatic N) is 5. The quantitative estimate of drug-likeness (QED) is 0.612. The molecule has 1 fully saturated rings. The van der Waals surface area contributed by atoms with Crippen LogP contribution in [0.5, 0.6) is 0 Å². The van der Waals surface area contributed by atoms with Crippen LogP contribution in [0.1, 0.15) is 19.2 Å². The Morgan fingerprint density at radius 3 is 2.94 bits per heavy atom. The van der Waals surface area contributed by atoms with E-state index in [0.29, 0.717) is 55.4 Å². The number of carbonyl (C=O) groups excluding carboxylic acids is 1. The fraction of sp³-hybridized carbons (Fsp3) is 0.478. The number of rotatable bonds is 2. The van der Waals surface area contributed by atoms with E-state index in [1.165, 1.54) is 12.1 Å². The van der Waals surface area contributed by atoms with Crippen molar-refractivity contribution in [3.05, 3.63) is 36.0 Å². The first-order chi connectivity index (χ1) is 15.9. The first-order valence-corrected chi connectivity index (χ1v) is 11.3. The second-order valence-corrected chi connectivity index (χ2v) is 8.69. The molecule has 33 heavy (non-hydrogen) atoms. The maximum atomic E-state index is 14.6. The summed E-state index contributed by atoms with van der Waals surface area (Å²) < 4.78 is 22.6. The van der Waals surface area contributed by atoms with Gasteiger partial charge in [0.25, 0.3) is 0 Å². The molecule has 4 bridgehead atoms. The molecule has 4 heterocycles. The zero-order valence-corrected chi connectivity index (χ0v) is 19.0. The molecule has 2 N–H and O–H groups in total. The van der Waals surface area contributed by atoms with Crippen LogP contribution in [0, 0.1) is 12.7 Å². The van der Waals surface area contributed by atoms with Crippen LogP contribution in [-0.2, 0) is 16.1 Å².